The Kier molecular flexibility index (Phi) is 7.50. The quantitative estimate of drug-likeness (QED) is 0.701. The van der Waals surface area contributed by atoms with Crippen molar-refractivity contribution >= 4 is 27.6 Å². The van der Waals surface area contributed by atoms with E-state index >= 15 is 0 Å². The van der Waals surface area contributed by atoms with E-state index in [4.69, 9.17) is 9.47 Å². The average Bonchev–Trinajstić information content (AvgIpc) is 2.68. The molecule has 27 heavy (non-hydrogen) atoms. The Balaban J connectivity index is 1.42. The lowest BCUT2D eigenvalue weighted by molar-refractivity contribution is 0.0322. The molecule has 1 fully saturated rings. The molecule has 2 N–H and O–H groups in total. The smallest absolute Gasteiger partial charge is 0.319 e. The van der Waals surface area contributed by atoms with Gasteiger partial charge in [0.1, 0.15) is 12.4 Å². The molecule has 0 aromatic heterocycles. The molecule has 144 valence electrons. The number of nitrogens with zero attached hydrogens (tertiary/aromatic N) is 1. The van der Waals surface area contributed by atoms with E-state index in [1.165, 1.54) is 0 Å². The molecule has 0 atom stereocenters. The number of hydrogen-bond donors (Lipinski definition) is 2. The highest BCUT2D eigenvalue weighted by molar-refractivity contribution is 9.10. The van der Waals surface area contributed by atoms with E-state index in [-0.39, 0.29) is 6.03 Å². The molecule has 6 nitrogen and oxygen atoms in total. The lowest BCUT2D eigenvalue weighted by Gasteiger charge is -2.26. The van der Waals surface area contributed by atoms with E-state index in [0.717, 1.165) is 54.3 Å². The number of nitrogens with one attached hydrogen (secondary N) is 2. The summed E-state index contributed by atoms with van der Waals surface area (Å²) in [5, 5.41) is 5.67. The highest BCUT2D eigenvalue weighted by Gasteiger charge is 2.10. The van der Waals surface area contributed by atoms with Crippen LogP contribution in [-0.2, 0) is 11.3 Å². The Labute approximate surface area is 168 Å². The van der Waals surface area contributed by atoms with Gasteiger partial charge in [-0.15, -0.1) is 0 Å². The first-order valence-electron chi connectivity index (χ1n) is 9.01. The number of hydrogen-bond acceptors (Lipinski definition) is 4. The third-order valence-electron chi connectivity index (χ3n) is 4.21. The van der Waals surface area contributed by atoms with Crippen molar-refractivity contribution in [2.45, 2.75) is 6.54 Å². The van der Waals surface area contributed by atoms with Gasteiger partial charge in [0.15, 0.2) is 0 Å². The van der Waals surface area contributed by atoms with Crippen molar-refractivity contribution < 1.29 is 14.3 Å². The third kappa shape index (κ3) is 6.86. The van der Waals surface area contributed by atoms with Gasteiger partial charge in [0.05, 0.1) is 13.2 Å². The molecule has 0 unspecified atom stereocenters. The Morgan fingerprint density at radius 2 is 1.96 bits per heavy atom. The van der Waals surface area contributed by atoms with Crippen LogP contribution in [0.15, 0.2) is 53.0 Å². The molecule has 2 aromatic carbocycles. The minimum absolute atomic E-state index is 0.244. The second kappa shape index (κ2) is 10.3. The summed E-state index contributed by atoms with van der Waals surface area (Å²) in [5.41, 5.74) is 1.73. The number of halogens is 1. The molecule has 0 saturated carbocycles. The van der Waals surface area contributed by atoms with Crippen LogP contribution in [-0.4, -0.2) is 50.4 Å². The van der Waals surface area contributed by atoms with Crippen molar-refractivity contribution in [2.75, 3.05) is 44.8 Å². The molecule has 7 heteroatoms. The molecule has 3 rings (SSSR count). The lowest BCUT2D eigenvalue weighted by Crippen LogP contribution is -2.38. The number of morpholine rings is 1. The number of carbonyl (C=O) groups is 1. The van der Waals surface area contributed by atoms with Crippen molar-refractivity contribution in [2.24, 2.45) is 0 Å². The van der Waals surface area contributed by atoms with Crippen LogP contribution in [0.1, 0.15) is 5.56 Å². The first kappa shape index (κ1) is 19.7. The summed E-state index contributed by atoms with van der Waals surface area (Å²) in [6.07, 6.45) is 0. The van der Waals surface area contributed by atoms with Gasteiger partial charge in [0.2, 0.25) is 0 Å². The van der Waals surface area contributed by atoms with Gasteiger partial charge in [-0.3, -0.25) is 4.90 Å². The highest BCUT2D eigenvalue weighted by Crippen LogP contribution is 2.16. The molecule has 0 radical (unpaired) electrons. The maximum absolute atomic E-state index is 12.0. The van der Waals surface area contributed by atoms with Gasteiger partial charge in [0, 0.05) is 36.3 Å². The minimum atomic E-state index is -0.244. The molecule has 1 saturated heterocycles. The Hall–Kier alpha value is -2.09. The summed E-state index contributed by atoms with van der Waals surface area (Å²) < 4.78 is 12.1. The van der Waals surface area contributed by atoms with E-state index < -0.39 is 0 Å². The number of anilines is 1. The van der Waals surface area contributed by atoms with Crippen LogP contribution in [0.25, 0.3) is 0 Å². The minimum Gasteiger partial charge on any atom is -0.492 e. The maximum atomic E-state index is 12.0. The average molecular weight is 434 g/mol. The van der Waals surface area contributed by atoms with Crippen LogP contribution in [0.3, 0.4) is 0 Å². The fourth-order valence-corrected chi connectivity index (χ4v) is 3.19. The van der Waals surface area contributed by atoms with Crippen LogP contribution in [0.4, 0.5) is 10.5 Å². The fraction of sp³-hybridized carbons (Fsp3) is 0.350. The summed E-state index contributed by atoms with van der Waals surface area (Å²) in [4.78, 5) is 14.4. The summed E-state index contributed by atoms with van der Waals surface area (Å²) in [7, 11) is 0. The molecule has 0 spiro atoms. The molecule has 1 aliphatic rings. The molecule has 0 bridgehead atoms. The van der Waals surface area contributed by atoms with Crippen molar-refractivity contribution in [1.29, 1.82) is 0 Å². The normalized spacial score (nSPS) is 14.6. The number of ether oxygens (including phenoxy) is 2. The topological polar surface area (TPSA) is 62.8 Å². The zero-order chi connectivity index (χ0) is 18.9. The molecule has 2 aromatic rings. The van der Waals surface area contributed by atoms with Crippen LogP contribution < -0.4 is 15.4 Å². The largest absolute Gasteiger partial charge is 0.492 e. The van der Waals surface area contributed by atoms with Gasteiger partial charge in [-0.1, -0.05) is 34.1 Å². The van der Waals surface area contributed by atoms with E-state index in [1.807, 2.05) is 48.5 Å². The summed E-state index contributed by atoms with van der Waals surface area (Å²) in [5.74, 6) is 0.815. The number of carbonyl (C=O) groups excluding carboxylic acids is 1. The van der Waals surface area contributed by atoms with Crippen LogP contribution in [0, 0.1) is 0 Å². The number of amides is 2. The molecule has 1 aliphatic heterocycles. The Morgan fingerprint density at radius 3 is 2.78 bits per heavy atom. The molecule has 1 heterocycles. The standard InChI is InChI=1S/C20H24BrN3O3/c21-17-4-2-5-18(14-17)23-20(25)22-15-16-3-1-6-19(13-16)27-12-9-24-7-10-26-11-8-24/h1-6,13-14H,7-12,15H2,(H2,22,23,25). The number of benzene rings is 2. The Morgan fingerprint density at radius 1 is 1.15 bits per heavy atom. The van der Waals surface area contributed by atoms with Gasteiger partial charge in [-0.2, -0.15) is 0 Å². The Bertz CT molecular complexity index is 751. The SMILES string of the molecule is O=C(NCc1cccc(OCCN2CCOCC2)c1)Nc1cccc(Br)c1. The first-order chi connectivity index (χ1) is 13.2. The van der Waals surface area contributed by atoms with Crippen molar-refractivity contribution in [3.8, 4) is 5.75 Å². The van der Waals surface area contributed by atoms with Crippen molar-refractivity contribution in [3.63, 3.8) is 0 Å². The molecule has 2 amide bonds. The number of rotatable bonds is 7. The fourth-order valence-electron chi connectivity index (χ4n) is 2.79. The first-order valence-corrected chi connectivity index (χ1v) is 9.80. The highest BCUT2D eigenvalue weighted by atomic mass is 79.9. The second-order valence-electron chi connectivity index (χ2n) is 6.27. The molecular formula is C20H24BrN3O3. The number of urea groups is 1. The summed E-state index contributed by atoms with van der Waals surface area (Å²) in [6, 6.07) is 15.0. The zero-order valence-electron chi connectivity index (χ0n) is 15.1. The van der Waals surface area contributed by atoms with Gasteiger partial charge in [-0.25, -0.2) is 4.79 Å². The predicted molar refractivity (Wildman–Crippen MR) is 109 cm³/mol. The van der Waals surface area contributed by atoms with E-state index in [9.17, 15) is 4.79 Å². The van der Waals surface area contributed by atoms with E-state index in [0.29, 0.717) is 13.2 Å². The van der Waals surface area contributed by atoms with E-state index in [2.05, 4.69) is 31.5 Å². The van der Waals surface area contributed by atoms with Gasteiger partial charge >= 0.3 is 6.03 Å². The molecular weight excluding hydrogens is 410 g/mol. The maximum Gasteiger partial charge on any atom is 0.319 e. The third-order valence-corrected chi connectivity index (χ3v) is 4.71. The molecule has 0 aliphatic carbocycles. The van der Waals surface area contributed by atoms with Crippen LogP contribution >= 0.6 is 15.9 Å². The summed E-state index contributed by atoms with van der Waals surface area (Å²) in [6.45, 7) is 5.47. The van der Waals surface area contributed by atoms with Gasteiger partial charge < -0.3 is 20.1 Å². The zero-order valence-corrected chi connectivity index (χ0v) is 16.7. The van der Waals surface area contributed by atoms with Crippen LogP contribution in [0.2, 0.25) is 0 Å². The van der Waals surface area contributed by atoms with Crippen LogP contribution in [0.5, 0.6) is 5.75 Å². The van der Waals surface area contributed by atoms with E-state index in [1.54, 1.807) is 0 Å². The monoisotopic (exact) mass is 433 g/mol. The predicted octanol–water partition coefficient (Wildman–Crippen LogP) is 3.48. The van der Waals surface area contributed by atoms with Gasteiger partial charge in [0.25, 0.3) is 0 Å². The summed E-state index contributed by atoms with van der Waals surface area (Å²) >= 11 is 3.39. The van der Waals surface area contributed by atoms with Crippen molar-refractivity contribution in [1.82, 2.24) is 10.2 Å². The second-order valence-corrected chi connectivity index (χ2v) is 7.18. The lowest BCUT2D eigenvalue weighted by atomic mass is 10.2. The van der Waals surface area contributed by atoms with Gasteiger partial charge in [-0.05, 0) is 35.9 Å². The van der Waals surface area contributed by atoms with Crippen molar-refractivity contribution in [3.05, 3.63) is 58.6 Å².